The van der Waals surface area contributed by atoms with Crippen LogP contribution in [-0.2, 0) is 11.0 Å². The number of rotatable bonds is 1. The zero-order valence-corrected chi connectivity index (χ0v) is 11.3. The van der Waals surface area contributed by atoms with Crippen LogP contribution in [0.1, 0.15) is 56.7 Å². The van der Waals surface area contributed by atoms with E-state index in [2.05, 4.69) is 33.8 Å². The van der Waals surface area contributed by atoms with Crippen molar-refractivity contribution in [2.75, 3.05) is 0 Å². The van der Waals surface area contributed by atoms with Crippen molar-refractivity contribution in [1.29, 1.82) is 0 Å². The molecule has 0 heterocycles. The van der Waals surface area contributed by atoms with Gasteiger partial charge in [0.1, 0.15) is 5.75 Å². The molecule has 2 nitrogen and oxygen atoms in total. The van der Waals surface area contributed by atoms with Crippen LogP contribution in [0.25, 0.3) is 0 Å². The van der Waals surface area contributed by atoms with Gasteiger partial charge in [0.05, 0.1) is 0 Å². The van der Waals surface area contributed by atoms with Gasteiger partial charge in [-0.25, -0.2) is 0 Å². The maximum absolute atomic E-state index is 10.2. The van der Waals surface area contributed by atoms with Gasteiger partial charge in [0.2, 0.25) is 0 Å². The van der Waals surface area contributed by atoms with E-state index < -0.39 is 0 Å². The third-order valence-corrected chi connectivity index (χ3v) is 3.93. The summed E-state index contributed by atoms with van der Waals surface area (Å²) < 4.78 is 0. The fraction of sp³-hybridized carbons (Fsp3) is 0.600. The lowest BCUT2D eigenvalue weighted by Gasteiger charge is -2.40. The predicted molar refractivity (Wildman–Crippen MR) is 71.3 cm³/mol. The first kappa shape index (κ1) is 12.4. The molecule has 1 fully saturated rings. The van der Waals surface area contributed by atoms with E-state index in [1.807, 2.05) is 6.07 Å². The second kappa shape index (κ2) is 3.74. The van der Waals surface area contributed by atoms with E-state index in [4.69, 9.17) is 5.73 Å². The summed E-state index contributed by atoms with van der Waals surface area (Å²) in [5.41, 5.74) is 9.44. The van der Waals surface area contributed by atoms with Gasteiger partial charge in [0.25, 0.3) is 0 Å². The molecule has 0 unspecified atom stereocenters. The second-order valence-electron chi connectivity index (χ2n) is 6.44. The summed E-state index contributed by atoms with van der Waals surface area (Å²) in [5.74, 6) is 0.384. The van der Waals surface area contributed by atoms with Crippen molar-refractivity contribution in [3.8, 4) is 5.75 Å². The van der Waals surface area contributed by atoms with Gasteiger partial charge < -0.3 is 10.8 Å². The number of aryl methyl sites for hydroxylation is 1. The molecule has 0 aromatic heterocycles. The molecule has 2 rings (SSSR count). The zero-order valence-electron chi connectivity index (χ0n) is 11.3. The Bertz CT molecular complexity index is 439. The van der Waals surface area contributed by atoms with Crippen LogP contribution < -0.4 is 5.73 Å². The number of phenolic OH excluding ortho intramolecular Hbond substituents is 1. The van der Waals surface area contributed by atoms with E-state index in [0.717, 1.165) is 24.0 Å². The molecule has 0 radical (unpaired) electrons. The topological polar surface area (TPSA) is 46.2 Å². The molecular formula is C15H23NO. The zero-order chi connectivity index (χ0) is 12.8. The molecule has 1 aromatic rings. The maximum atomic E-state index is 10.2. The molecule has 94 valence electrons. The summed E-state index contributed by atoms with van der Waals surface area (Å²) in [4.78, 5) is 0. The lowest BCUT2D eigenvalue weighted by molar-refractivity contribution is 0.251. The molecule has 1 aliphatic carbocycles. The van der Waals surface area contributed by atoms with Crippen molar-refractivity contribution in [3.63, 3.8) is 0 Å². The molecule has 1 saturated carbocycles. The molecule has 1 aromatic carbocycles. The highest BCUT2D eigenvalue weighted by Crippen LogP contribution is 2.43. The first-order valence-corrected chi connectivity index (χ1v) is 6.37. The third-order valence-electron chi connectivity index (χ3n) is 3.93. The van der Waals surface area contributed by atoms with Crippen LogP contribution in [0.5, 0.6) is 5.75 Å². The Morgan fingerprint density at radius 1 is 1.24 bits per heavy atom. The number of phenols is 1. The van der Waals surface area contributed by atoms with Gasteiger partial charge in [-0.2, -0.15) is 0 Å². The highest BCUT2D eigenvalue weighted by molar-refractivity contribution is 5.47. The minimum absolute atomic E-state index is 0.0330. The standard InChI is InChI=1S/C15H23NO/c1-10-8-12(14(2,3)4)13(17)9-11(10)15(16)6-5-7-15/h8-9,17H,5-7,16H2,1-4H3. The summed E-state index contributed by atoms with van der Waals surface area (Å²) in [5, 5.41) is 10.2. The number of hydrogen-bond donors (Lipinski definition) is 2. The molecule has 2 heteroatoms. The Balaban J connectivity index is 2.49. The summed E-state index contributed by atoms with van der Waals surface area (Å²) in [6, 6.07) is 3.98. The highest BCUT2D eigenvalue weighted by atomic mass is 16.3. The molecule has 0 bridgehead atoms. The smallest absolute Gasteiger partial charge is 0.119 e. The quantitative estimate of drug-likeness (QED) is 0.781. The maximum Gasteiger partial charge on any atom is 0.119 e. The minimum Gasteiger partial charge on any atom is -0.508 e. The molecule has 3 N–H and O–H groups in total. The van der Waals surface area contributed by atoms with Crippen LogP contribution in [0.4, 0.5) is 0 Å². The summed E-state index contributed by atoms with van der Waals surface area (Å²) in [7, 11) is 0. The van der Waals surface area contributed by atoms with E-state index in [1.165, 1.54) is 12.0 Å². The average Bonchev–Trinajstić information content (AvgIpc) is 2.16. The molecular weight excluding hydrogens is 210 g/mol. The van der Waals surface area contributed by atoms with Gasteiger partial charge in [-0.15, -0.1) is 0 Å². The molecule has 0 saturated heterocycles. The lowest BCUT2D eigenvalue weighted by Crippen LogP contribution is -2.43. The van der Waals surface area contributed by atoms with Crippen molar-refractivity contribution >= 4 is 0 Å². The van der Waals surface area contributed by atoms with E-state index in [-0.39, 0.29) is 11.0 Å². The Labute approximate surface area is 104 Å². The largest absolute Gasteiger partial charge is 0.508 e. The van der Waals surface area contributed by atoms with E-state index in [1.54, 1.807) is 0 Å². The van der Waals surface area contributed by atoms with Crippen LogP contribution in [-0.4, -0.2) is 5.11 Å². The van der Waals surface area contributed by atoms with E-state index in [0.29, 0.717) is 5.75 Å². The first-order chi connectivity index (χ1) is 7.74. The summed E-state index contributed by atoms with van der Waals surface area (Å²) >= 11 is 0. The Morgan fingerprint density at radius 2 is 1.82 bits per heavy atom. The van der Waals surface area contributed by atoms with Crippen molar-refractivity contribution < 1.29 is 5.11 Å². The predicted octanol–water partition coefficient (Wildman–Crippen LogP) is 3.34. The van der Waals surface area contributed by atoms with Crippen molar-refractivity contribution in [3.05, 3.63) is 28.8 Å². The average molecular weight is 233 g/mol. The van der Waals surface area contributed by atoms with Gasteiger partial charge in [0.15, 0.2) is 0 Å². The number of nitrogens with two attached hydrogens (primary N) is 1. The van der Waals surface area contributed by atoms with Gasteiger partial charge >= 0.3 is 0 Å². The van der Waals surface area contributed by atoms with Gasteiger partial charge in [-0.1, -0.05) is 26.8 Å². The first-order valence-electron chi connectivity index (χ1n) is 6.37. The Hall–Kier alpha value is -1.02. The molecule has 1 aliphatic rings. The van der Waals surface area contributed by atoms with Crippen molar-refractivity contribution in [1.82, 2.24) is 0 Å². The van der Waals surface area contributed by atoms with Crippen molar-refractivity contribution in [2.24, 2.45) is 5.73 Å². The fourth-order valence-electron chi connectivity index (χ4n) is 2.66. The van der Waals surface area contributed by atoms with Gasteiger partial charge in [-0.05, 0) is 54.4 Å². The molecule has 0 aliphatic heterocycles. The van der Waals surface area contributed by atoms with E-state index in [9.17, 15) is 5.11 Å². The van der Waals surface area contributed by atoms with E-state index >= 15 is 0 Å². The lowest BCUT2D eigenvalue weighted by atomic mass is 9.70. The minimum atomic E-state index is -0.196. The normalized spacial score (nSPS) is 18.9. The number of aromatic hydroxyl groups is 1. The van der Waals surface area contributed by atoms with Crippen LogP contribution >= 0.6 is 0 Å². The third kappa shape index (κ3) is 2.06. The van der Waals surface area contributed by atoms with Crippen LogP contribution in [0.2, 0.25) is 0 Å². The van der Waals surface area contributed by atoms with Gasteiger partial charge in [-0.3, -0.25) is 0 Å². The molecule has 0 amide bonds. The highest BCUT2D eigenvalue weighted by Gasteiger charge is 2.36. The van der Waals surface area contributed by atoms with Crippen molar-refractivity contribution in [2.45, 2.75) is 57.9 Å². The Kier molecular flexibility index (Phi) is 2.74. The fourth-order valence-corrected chi connectivity index (χ4v) is 2.66. The monoisotopic (exact) mass is 233 g/mol. The molecule has 17 heavy (non-hydrogen) atoms. The van der Waals surface area contributed by atoms with Crippen LogP contribution in [0, 0.1) is 6.92 Å². The number of benzene rings is 1. The molecule has 0 atom stereocenters. The SMILES string of the molecule is Cc1cc(C(C)(C)C)c(O)cc1C1(N)CCC1. The van der Waals surface area contributed by atoms with Crippen LogP contribution in [0.15, 0.2) is 12.1 Å². The molecule has 0 spiro atoms. The number of hydrogen-bond acceptors (Lipinski definition) is 2. The van der Waals surface area contributed by atoms with Gasteiger partial charge in [0, 0.05) is 5.54 Å². The summed E-state index contributed by atoms with van der Waals surface area (Å²) in [6.07, 6.45) is 3.25. The van der Waals surface area contributed by atoms with Crippen LogP contribution in [0.3, 0.4) is 0 Å². The second-order valence-corrected chi connectivity index (χ2v) is 6.44. The summed E-state index contributed by atoms with van der Waals surface area (Å²) in [6.45, 7) is 8.44. The Morgan fingerprint density at radius 3 is 2.24 bits per heavy atom.